The molecule has 2 amide bonds. The lowest BCUT2D eigenvalue weighted by Gasteiger charge is -2.33. The maximum absolute atomic E-state index is 12.6. The van der Waals surface area contributed by atoms with E-state index in [-0.39, 0.29) is 23.8 Å². The molecule has 0 radical (unpaired) electrons. The van der Waals surface area contributed by atoms with Crippen LogP contribution >= 0.6 is 0 Å². The van der Waals surface area contributed by atoms with Crippen molar-refractivity contribution in [3.63, 3.8) is 0 Å². The minimum atomic E-state index is -0.105. The van der Waals surface area contributed by atoms with E-state index in [1.807, 2.05) is 12.1 Å². The third-order valence-electron chi connectivity index (χ3n) is 5.68. The Balaban J connectivity index is 1.31. The Morgan fingerprint density at radius 2 is 1.89 bits per heavy atom. The Hall–Kier alpha value is -2.66. The second-order valence-electron chi connectivity index (χ2n) is 7.89. The van der Waals surface area contributed by atoms with Crippen LogP contribution < -0.4 is 10.6 Å². The molecule has 0 spiro atoms. The lowest BCUT2D eigenvalue weighted by Crippen LogP contribution is -2.44. The standard InChI is InChI=1S/C23H27N3O2/c1-16(26-12-11-17-5-2-3-6-20(17)15-26)14-24-22(27)19-7-4-8-21(13-19)25-23(28)18-9-10-18/h2-8,13,16,18H,9-12,14-15H2,1H3,(H,24,27)(H,25,28). The van der Waals surface area contributed by atoms with Gasteiger partial charge < -0.3 is 10.6 Å². The van der Waals surface area contributed by atoms with Crippen LogP contribution in [0.1, 0.15) is 41.3 Å². The molecule has 1 heterocycles. The van der Waals surface area contributed by atoms with Crippen LogP contribution in [0.4, 0.5) is 5.69 Å². The molecular formula is C23H27N3O2. The maximum atomic E-state index is 12.6. The Morgan fingerprint density at radius 1 is 1.11 bits per heavy atom. The third-order valence-corrected chi connectivity index (χ3v) is 5.68. The summed E-state index contributed by atoms with van der Waals surface area (Å²) in [5.74, 6) is 0.0938. The lowest BCUT2D eigenvalue weighted by atomic mass is 9.99. The van der Waals surface area contributed by atoms with Crippen molar-refractivity contribution >= 4 is 17.5 Å². The van der Waals surface area contributed by atoms with E-state index in [4.69, 9.17) is 0 Å². The molecule has 5 nitrogen and oxygen atoms in total. The summed E-state index contributed by atoms with van der Waals surface area (Å²) in [6.07, 6.45) is 2.98. The predicted molar refractivity (Wildman–Crippen MR) is 110 cm³/mol. The fraction of sp³-hybridized carbons (Fsp3) is 0.391. The minimum Gasteiger partial charge on any atom is -0.350 e. The first-order valence-corrected chi connectivity index (χ1v) is 10.1. The molecule has 2 aromatic carbocycles. The van der Waals surface area contributed by atoms with Gasteiger partial charge in [0.15, 0.2) is 0 Å². The zero-order valence-electron chi connectivity index (χ0n) is 16.3. The molecule has 1 saturated carbocycles. The summed E-state index contributed by atoms with van der Waals surface area (Å²) in [6.45, 7) is 4.69. The van der Waals surface area contributed by atoms with Gasteiger partial charge in [-0.25, -0.2) is 0 Å². The van der Waals surface area contributed by atoms with Crippen LogP contribution in [0, 0.1) is 5.92 Å². The van der Waals surface area contributed by atoms with Gasteiger partial charge in [-0.3, -0.25) is 14.5 Å². The van der Waals surface area contributed by atoms with E-state index in [0.717, 1.165) is 32.4 Å². The van der Waals surface area contributed by atoms with Gasteiger partial charge in [0.25, 0.3) is 5.91 Å². The number of anilines is 1. The van der Waals surface area contributed by atoms with Crippen molar-refractivity contribution in [3.05, 3.63) is 65.2 Å². The summed E-state index contributed by atoms with van der Waals surface area (Å²) < 4.78 is 0. The SMILES string of the molecule is CC(CNC(=O)c1cccc(NC(=O)C2CC2)c1)N1CCc2ccccc2C1. The summed E-state index contributed by atoms with van der Waals surface area (Å²) in [5, 5.41) is 5.94. The smallest absolute Gasteiger partial charge is 0.251 e. The quantitative estimate of drug-likeness (QED) is 0.813. The van der Waals surface area contributed by atoms with Gasteiger partial charge in [-0.15, -0.1) is 0 Å². The number of nitrogens with one attached hydrogen (secondary N) is 2. The van der Waals surface area contributed by atoms with Crippen LogP contribution in [0.3, 0.4) is 0 Å². The number of hydrogen-bond donors (Lipinski definition) is 2. The average molecular weight is 377 g/mol. The van der Waals surface area contributed by atoms with E-state index < -0.39 is 0 Å². The summed E-state index contributed by atoms with van der Waals surface area (Å²) in [4.78, 5) is 26.9. The average Bonchev–Trinajstić information content (AvgIpc) is 3.57. The highest BCUT2D eigenvalue weighted by Crippen LogP contribution is 2.30. The zero-order chi connectivity index (χ0) is 19.5. The first-order chi connectivity index (χ1) is 13.6. The first kappa shape index (κ1) is 18.7. The van der Waals surface area contributed by atoms with Gasteiger partial charge in [-0.05, 0) is 55.5 Å². The molecule has 1 aliphatic carbocycles. The highest BCUT2D eigenvalue weighted by Gasteiger charge is 2.29. The van der Waals surface area contributed by atoms with Gasteiger partial charge in [-0.1, -0.05) is 30.3 Å². The van der Waals surface area contributed by atoms with Crippen LogP contribution in [0.15, 0.2) is 48.5 Å². The van der Waals surface area contributed by atoms with Gasteiger partial charge in [0.1, 0.15) is 0 Å². The summed E-state index contributed by atoms with van der Waals surface area (Å²) in [6, 6.07) is 16.0. The molecule has 4 rings (SSSR count). The topological polar surface area (TPSA) is 61.4 Å². The summed E-state index contributed by atoms with van der Waals surface area (Å²) >= 11 is 0. The molecule has 2 N–H and O–H groups in total. The van der Waals surface area contributed by atoms with E-state index in [9.17, 15) is 9.59 Å². The first-order valence-electron chi connectivity index (χ1n) is 10.1. The van der Waals surface area contributed by atoms with Crippen LogP contribution in [-0.2, 0) is 17.8 Å². The Kier molecular flexibility index (Phi) is 5.44. The lowest BCUT2D eigenvalue weighted by molar-refractivity contribution is -0.117. The van der Waals surface area contributed by atoms with Crippen molar-refractivity contribution in [1.82, 2.24) is 10.2 Å². The Bertz CT molecular complexity index is 876. The number of rotatable bonds is 6. The molecule has 1 aliphatic heterocycles. The monoisotopic (exact) mass is 377 g/mol. The molecule has 2 aliphatic rings. The molecular weight excluding hydrogens is 350 g/mol. The number of hydrogen-bond acceptors (Lipinski definition) is 3. The van der Waals surface area contributed by atoms with Crippen molar-refractivity contribution in [1.29, 1.82) is 0 Å². The minimum absolute atomic E-state index is 0.0524. The summed E-state index contributed by atoms with van der Waals surface area (Å²) in [5.41, 5.74) is 4.07. The van der Waals surface area contributed by atoms with Crippen molar-refractivity contribution in [2.45, 2.75) is 38.8 Å². The molecule has 1 atom stereocenters. The number of carbonyl (C=O) groups is 2. The van der Waals surface area contributed by atoms with Crippen LogP contribution in [-0.4, -0.2) is 35.8 Å². The van der Waals surface area contributed by atoms with Crippen molar-refractivity contribution in [2.75, 3.05) is 18.4 Å². The third kappa shape index (κ3) is 4.42. The largest absolute Gasteiger partial charge is 0.350 e. The number of carbonyl (C=O) groups excluding carboxylic acids is 2. The molecule has 5 heteroatoms. The fourth-order valence-electron chi connectivity index (χ4n) is 3.69. The predicted octanol–water partition coefficient (Wildman–Crippen LogP) is 3.21. The van der Waals surface area contributed by atoms with E-state index >= 15 is 0 Å². The van der Waals surface area contributed by atoms with E-state index in [0.29, 0.717) is 17.8 Å². The number of fused-ring (bicyclic) bond motifs is 1. The van der Waals surface area contributed by atoms with E-state index in [2.05, 4.69) is 46.7 Å². The van der Waals surface area contributed by atoms with Gasteiger partial charge in [0.05, 0.1) is 0 Å². The van der Waals surface area contributed by atoms with E-state index in [1.54, 1.807) is 12.1 Å². The van der Waals surface area contributed by atoms with Crippen molar-refractivity contribution in [3.8, 4) is 0 Å². The van der Waals surface area contributed by atoms with Crippen LogP contribution in [0.2, 0.25) is 0 Å². The van der Waals surface area contributed by atoms with Crippen LogP contribution in [0.25, 0.3) is 0 Å². The fourth-order valence-corrected chi connectivity index (χ4v) is 3.69. The summed E-state index contributed by atoms with van der Waals surface area (Å²) in [7, 11) is 0. The highest BCUT2D eigenvalue weighted by molar-refractivity contribution is 5.98. The second-order valence-corrected chi connectivity index (χ2v) is 7.89. The molecule has 0 saturated heterocycles. The number of benzene rings is 2. The van der Waals surface area contributed by atoms with E-state index in [1.165, 1.54) is 11.1 Å². The zero-order valence-corrected chi connectivity index (χ0v) is 16.3. The molecule has 1 fully saturated rings. The van der Waals surface area contributed by atoms with Gasteiger partial charge in [0.2, 0.25) is 5.91 Å². The Labute approximate surface area is 166 Å². The van der Waals surface area contributed by atoms with Gasteiger partial charge in [-0.2, -0.15) is 0 Å². The molecule has 146 valence electrons. The maximum Gasteiger partial charge on any atom is 0.251 e. The van der Waals surface area contributed by atoms with Crippen molar-refractivity contribution in [2.24, 2.45) is 5.92 Å². The van der Waals surface area contributed by atoms with Gasteiger partial charge in [0, 0.05) is 42.8 Å². The molecule has 28 heavy (non-hydrogen) atoms. The number of nitrogens with zero attached hydrogens (tertiary/aromatic N) is 1. The molecule has 1 unspecified atom stereocenters. The molecule has 0 aromatic heterocycles. The second kappa shape index (κ2) is 8.15. The Morgan fingerprint density at radius 3 is 2.68 bits per heavy atom. The van der Waals surface area contributed by atoms with Crippen LogP contribution in [0.5, 0.6) is 0 Å². The van der Waals surface area contributed by atoms with Gasteiger partial charge >= 0.3 is 0 Å². The normalized spacial score (nSPS) is 17.5. The molecule has 2 aromatic rings. The molecule has 0 bridgehead atoms. The highest BCUT2D eigenvalue weighted by atomic mass is 16.2. The van der Waals surface area contributed by atoms with Crippen molar-refractivity contribution < 1.29 is 9.59 Å². The number of amides is 2.